The van der Waals surface area contributed by atoms with Crippen LogP contribution >= 0.6 is 0 Å². The van der Waals surface area contributed by atoms with Crippen molar-refractivity contribution in [2.24, 2.45) is 0 Å². The van der Waals surface area contributed by atoms with Crippen LogP contribution in [0.15, 0.2) is 30.3 Å². The summed E-state index contributed by atoms with van der Waals surface area (Å²) in [7, 11) is 0. The van der Waals surface area contributed by atoms with Gasteiger partial charge in [-0.2, -0.15) is 5.10 Å². The fourth-order valence-electron chi connectivity index (χ4n) is 2.80. The van der Waals surface area contributed by atoms with E-state index in [0.717, 1.165) is 29.8 Å². The van der Waals surface area contributed by atoms with Gasteiger partial charge in [-0.05, 0) is 31.4 Å². The Labute approximate surface area is 131 Å². The van der Waals surface area contributed by atoms with Gasteiger partial charge in [-0.1, -0.05) is 18.2 Å². The maximum Gasteiger partial charge on any atom is 0.328 e. The standard InChI is InChI=1S/C16H16FN3O3/c17-9-12(16(22)23)18-15(21)14-11-7-4-8-13(11)20(19-14)10-5-2-1-3-6-10/h1-3,5-6,12H,4,7-9H2,(H,18,21)(H,22,23). The lowest BCUT2D eigenvalue weighted by Gasteiger charge is -2.09. The monoisotopic (exact) mass is 317 g/mol. The van der Waals surface area contributed by atoms with E-state index in [9.17, 15) is 14.0 Å². The SMILES string of the molecule is O=C(NC(CF)C(=O)O)c1nn(-c2ccccc2)c2c1CCC2. The molecule has 0 saturated heterocycles. The molecule has 120 valence electrons. The molecule has 1 atom stereocenters. The third-order valence-corrected chi connectivity index (χ3v) is 3.90. The first-order valence-electron chi connectivity index (χ1n) is 7.37. The summed E-state index contributed by atoms with van der Waals surface area (Å²) < 4.78 is 14.4. The minimum absolute atomic E-state index is 0.182. The van der Waals surface area contributed by atoms with Gasteiger partial charge in [0.05, 0.1) is 5.69 Å². The van der Waals surface area contributed by atoms with E-state index in [1.165, 1.54) is 0 Å². The van der Waals surface area contributed by atoms with E-state index < -0.39 is 24.6 Å². The third kappa shape index (κ3) is 2.81. The van der Waals surface area contributed by atoms with Crippen LogP contribution in [-0.2, 0) is 17.6 Å². The lowest BCUT2D eigenvalue weighted by Crippen LogP contribution is -2.42. The molecule has 1 aliphatic rings. The van der Waals surface area contributed by atoms with E-state index >= 15 is 0 Å². The average molecular weight is 317 g/mol. The largest absolute Gasteiger partial charge is 0.480 e. The van der Waals surface area contributed by atoms with Gasteiger partial charge in [-0.15, -0.1) is 0 Å². The highest BCUT2D eigenvalue weighted by atomic mass is 19.1. The fourth-order valence-corrected chi connectivity index (χ4v) is 2.80. The number of aromatic nitrogens is 2. The highest BCUT2D eigenvalue weighted by Gasteiger charge is 2.29. The maximum absolute atomic E-state index is 12.7. The molecular weight excluding hydrogens is 301 g/mol. The first kappa shape index (κ1) is 15.2. The van der Waals surface area contributed by atoms with Gasteiger partial charge in [0.25, 0.3) is 5.91 Å². The molecule has 3 rings (SSSR count). The molecule has 23 heavy (non-hydrogen) atoms. The number of nitrogens with one attached hydrogen (secondary N) is 1. The predicted molar refractivity (Wildman–Crippen MR) is 80.5 cm³/mol. The van der Waals surface area contributed by atoms with Crippen molar-refractivity contribution in [1.82, 2.24) is 15.1 Å². The zero-order valence-electron chi connectivity index (χ0n) is 12.3. The molecule has 1 aliphatic carbocycles. The minimum Gasteiger partial charge on any atom is -0.480 e. The number of hydrogen-bond acceptors (Lipinski definition) is 3. The summed E-state index contributed by atoms with van der Waals surface area (Å²) in [5.41, 5.74) is 2.79. The molecule has 2 N–H and O–H groups in total. The predicted octanol–water partition coefficient (Wildman–Crippen LogP) is 1.51. The van der Waals surface area contributed by atoms with Crippen molar-refractivity contribution in [2.75, 3.05) is 6.67 Å². The quantitative estimate of drug-likeness (QED) is 0.875. The molecule has 0 radical (unpaired) electrons. The lowest BCUT2D eigenvalue weighted by molar-refractivity contribution is -0.139. The molecule has 1 aromatic carbocycles. The second-order valence-corrected chi connectivity index (χ2v) is 5.39. The van der Waals surface area contributed by atoms with Gasteiger partial charge in [0.1, 0.15) is 6.67 Å². The molecule has 0 fully saturated rings. The second-order valence-electron chi connectivity index (χ2n) is 5.39. The molecule has 0 aliphatic heterocycles. The Hall–Kier alpha value is -2.70. The topological polar surface area (TPSA) is 84.2 Å². The van der Waals surface area contributed by atoms with Gasteiger partial charge >= 0.3 is 5.97 Å². The molecule has 7 heteroatoms. The molecule has 1 unspecified atom stereocenters. The first-order chi connectivity index (χ1) is 11.1. The van der Waals surface area contributed by atoms with Gasteiger partial charge < -0.3 is 10.4 Å². The van der Waals surface area contributed by atoms with Gasteiger partial charge in [-0.25, -0.2) is 13.9 Å². The summed E-state index contributed by atoms with van der Waals surface area (Å²) in [5.74, 6) is -2.05. The van der Waals surface area contributed by atoms with E-state index in [1.54, 1.807) is 4.68 Å². The van der Waals surface area contributed by atoms with Gasteiger partial charge in [-0.3, -0.25) is 4.79 Å². The zero-order chi connectivity index (χ0) is 16.4. The normalized spacial score (nSPS) is 14.3. The molecule has 2 aromatic rings. The number of fused-ring (bicyclic) bond motifs is 1. The number of carboxylic acid groups (broad SMARTS) is 1. The van der Waals surface area contributed by atoms with Crippen LogP contribution in [0.3, 0.4) is 0 Å². The molecule has 0 saturated carbocycles. The van der Waals surface area contributed by atoms with Crippen molar-refractivity contribution >= 4 is 11.9 Å². The van der Waals surface area contributed by atoms with Crippen LogP contribution in [-0.4, -0.2) is 39.5 Å². The smallest absolute Gasteiger partial charge is 0.328 e. The maximum atomic E-state index is 12.7. The number of carbonyl (C=O) groups is 2. The van der Waals surface area contributed by atoms with Crippen LogP contribution in [0.25, 0.3) is 5.69 Å². The van der Waals surface area contributed by atoms with Crippen molar-refractivity contribution in [3.05, 3.63) is 47.3 Å². The van der Waals surface area contributed by atoms with E-state index in [0.29, 0.717) is 6.42 Å². The van der Waals surface area contributed by atoms with E-state index in [2.05, 4.69) is 10.4 Å². The minimum atomic E-state index is -1.55. The number of carboxylic acids is 1. The number of amides is 1. The number of benzene rings is 1. The summed E-state index contributed by atoms with van der Waals surface area (Å²) in [6.45, 7) is -1.16. The Bertz CT molecular complexity index is 743. The van der Waals surface area contributed by atoms with Crippen molar-refractivity contribution < 1.29 is 19.1 Å². The first-order valence-corrected chi connectivity index (χ1v) is 7.37. The molecule has 0 spiro atoms. The Balaban J connectivity index is 1.95. The van der Waals surface area contributed by atoms with Crippen LogP contribution in [0, 0.1) is 0 Å². The Kier molecular flexibility index (Phi) is 4.10. The van der Waals surface area contributed by atoms with Gasteiger partial charge in [0.2, 0.25) is 0 Å². The average Bonchev–Trinajstić information content (AvgIpc) is 3.15. The second kappa shape index (κ2) is 6.20. The molecule has 6 nitrogen and oxygen atoms in total. The number of nitrogens with zero attached hydrogens (tertiary/aromatic N) is 2. The van der Waals surface area contributed by atoms with E-state index in [-0.39, 0.29) is 5.69 Å². The number of hydrogen-bond donors (Lipinski definition) is 2. The van der Waals surface area contributed by atoms with Crippen LogP contribution in [0.2, 0.25) is 0 Å². The summed E-state index contributed by atoms with van der Waals surface area (Å²) in [5, 5.41) is 15.4. The molecule has 0 bridgehead atoms. The lowest BCUT2D eigenvalue weighted by atomic mass is 10.2. The van der Waals surface area contributed by atoms with Crippen molar-refractivity contribution in [3.8, 4) is 5.69 Å². The molecule has 1 aromatic heterocycles. The summed E-state index contributed by atoms with van der Waals surface area (Å²) in [6.07, 6.45) is 2.42. The summed E-state index contributed by atoms with van der Waals surface area (Å²) in [6, 6.07) is 7.86. The summed E-state index contributed by atoms with van der Waals surface area (Å²) >= 11 is 0. The number of carbonyl (C=O) groups excluding carboxylic acids is 1. The number of halogens is 1. The molecular formula is C16H16FN3O3. The molecule has 1 heterocycles. The number of aliphatic carboxylic acids is 1. The Morgan fingerprint density at radius 1 is 1.30 bits per heavy atom. The van der Waals surface area contributed by atoms with Crippen LogP contribution in [0.4, 0.5) is 4.39 Å². The van der Waals surface area contributed by atoms with Crippen molar-refractivity contribution in [2.45, 2.75) is 25.3 Å². The summed E-state index contributed by atoms with van der Waals surface area (Å²) in [4.78, 5) is 23.2. The van der Waals surface area contributed by atoms with Crippen LogP contribution < -0.4 is 5.32 Å². The van der Waals surface area contributed by atoms with Gasteiger partial charge in [0.15, 0.2) is 11.7 Å². The third-order valence-electron chi connectivity index (χ3n) is 3.90. The Morgan fingerprint density at radius 3 is 2.70 bits per heavy atom. The highest BCUT2D eigenvalue weighted by Crippen LogP contribution is 2.27. The van der Waals surface area contributed by atoms with Gasteiger partial charge in [0, 0.05) is 11.3 Å². The van der Waals surface area contributed by atoms with Crippen molar-refractivity contribution in [3.63, 3.8) is 0 Å². The zero-order valence-corrected chi connectivity index (χ0v) is 12.3. The van der Waals surface area contributed by atoms with E-state index in [4.69, 9.17) is 5.11 Å². The Morgan fingerprint density at radius 2 is 2.04 bits per heavy atom. The van der Waals surface area contributed by atoms with Crippen LogP contribution in [0.5, 0.6) is 0 Å². The number of para-hydroxylation sites is 1. The molecule has 1 amide bonds. The fraction of sp³-hybridized carbons (Fsp3) is 0.312. The van der Waals surface area contributed by atoms with E-state index in [1.807, 2.05) is 30.3 Å². The van der Waals surface area contributed by atoms with Crippen LogP contribution in [0.1, 0.15) is 28.2 Å². The van der Waals surface area contributed by atoms with Crippen molar-refractivity contribution in [1.29, 1.82) is 0 Å². The number of rotatable bonds is 5. The number of alkyl halides is 1. The highest BCUT2D eigenvalue weighted by molar-refractivity contribution is 5.96.